The standard InChI is InChI=1S/C13H9NO.2Na.H3O4P/c15-13-7-3-6-12-10(13)8-9-4-1-2-5-11(9)14-12;;;1-5(2,3)4/h1-6,8H,7H2;;;(H3,1,2,3,4)/q;2*+1;/p-2. The second kappa shape index (κ2) is 9.45. The molecule has 0 radical (unpaired) electrons. The Morgan fingerprint density at radius 3 is 2.41 bits per heavy atom. The van der Waals surface area contributed by atoms with E-state index in [0.29, 0.717) is 6.42 Å². The van der Waals surface area contributed by atoms with Crippen molar-refractivity contribution in [1.29, 1.82) is 0 Å². The molecule has 0 saturated carbocycles. The molecule has 0 saturated heterocycles. The minimum absolute atomic E-state index is 0. The molecule has 1 aliphatic rings. The minimum Gasteiger partial charge on any atom is -0.790 e. The first kappa shape index (κ1) is 22.1. The van der Waals surface area contributed by atoms with Crippen LogP contribution in [-0.2, 0) is 4.57 Å². The number of Topliss-reactive ketones (excluding diaryl/α,β-unsaturated/α-hetero) is 1. The molecule has 1 heterocycles. The Hall–Kier alpha value is 0.150. The Kier molecular flexibility index (Phi) is 9.51. The molecule has 0 fully saturated rings. The van der Waals surface area contributed by atoms with Crippen LogP contribution < -0.4 is 68.9 Å². The number of rotatable bonds is 0. The number of benzene rings is 1. The first-order valence-corrected chi connectivity index (χ1v) is 7.18. The summed E-state index contributed by atoms with van der Waals surface area (Å²) in [4.78, 5) is 40.4. The molecule has 2 aromatic rings. The van der Waals surface area contributed by atoms with Gasteiger partial charge in [-0.15, -0.1) is 0 Å². The quantitative estimate of drug-likeness (QED) is 0.379. The number of aromatic nitrogens is 1. The third-order valence-corrected chi connectivity index (χ3v) is 2.63. The summed E-state index contributed by atoms with van der Waals surface area (Å²) in [6, 6.07) is 9.79. The molecule has 1 aromatic heterocycles. The van der Waals surface area contributed by atoms with E-state index in [9.17, 15) is 4.79 Å². The third-order valence-electron chi connectivity index (χ3n) is 2.63. The fourth-order valence-electron chi connectivity index (χ4n) is 1.87. The van der Waals surface area contributed by atoms with E-state index in [-0.39, 0.29) is 64.9 Å². The number of para-hydroxylation sites is 1. The van der Waals surface area contributed by atoms with Crippen LogP contribution in [0.2, 0.25) is 0 Å². The average Bonchev–Trinajstić information content (AvgIpc) is 2.35. The van der Waals surface area contributed by atoms with Gasteiger partial charge in [0.05, 0.1) is 19.0 Å². The number of hydrogen-bond acceptors (Lipinski definition) is 5. The predicted molar refractivity (Wildman–Crippen MR) is 69.5 cm³/mol. The van der Waals surface area contributed by atoms with Gasteiger partial charge in [0.15, 0.2) is 5.78 Å². The van der Waals surface area contributed by atoms with Crippen LogP contribution in [0.3, 0.4) is 0 Å². The fourth-order valence-corrected chi connectivity index (χ4v) is 1.87. The molecule has 1 N–H and O–H groups in total. The Balaban J connectivity index is 0.000000559. The number of ketones is 1. The zero-order valence-electron chi connectivity index (χ0n) is 12.2. The van der Waals surface area contributed by atoms with Crippen molar-refractivity contribution >= 4 is 30.6 Å². The molecule has 6 nitrogen and oxygen atoms in total. The average molecular weight is 337 g/mol. The van der Waals surface area contributed by atoms with Gasteiger partial charge in [-0.2, -0.15) is 0 Å². The number of fused-ring (bicyclic) bond motifs is 2. The largest absolute Gasteiger partial charge is 1.00 e. The normalized spacial score (nSPS) is 12.4. The summed E-state index contributed by atoms with van der Waals surface area (Å²) in [5.41, 5.74) is 2.48. The number of hydrogen-bond donors (Lipinski definition) is 1. The number of pyridine rings is 1. The topological polar surface area (TPSA) is 113 Å². The Bertz CT molecular complexity index is 736. The van der Waals surface area contributed by atoms with Crippen LogP contribution in [0, 0.1) is 0 Å². The summed E-state index contributed by atoms with van der Waals surface area (Å²) in [6.45, 7) is 0. The summed E-state index contributed by atoms with van der Waals surface area (Å²) in [5, 5.41) is 1.03. The fraction of sp³-hybridized carbons (Fsp3) is 0.0769. The molecular weight excluding hydrogens is 327 g/mol. The zero-order valence-corrected chi connectivity index (χ0v) is 17.1. The van der Waals surface area contributed by atoms with Crippen LogP contribution in [0.25, 0.3) is 17.0 Å². The molecule has 1 aliphatic carbocycles. The molecule has 3 rings (SSSR count). The third kappa shape index (κ3) is 6.72. The minimum atomic E-state index is -5.14. The van der Waals surface area contributed by atoms with E-state index in [1.165, 1.54) is 0 Å². The van der Waals surface area contributed by atoms with E-state index in [0.717, 1.165) is 22.2 Å². The maximum absolute atomic E-state index is 11.6. The number of allylic oxidation sites excluding steroid dienone is 1. The number of carbonyl (C=O) groups excluding carboxylic acids is 1. The van der Waals surface area contributed by atoms with E-state index in [2.05, 4.69) is 4.98 Å². The first-order valence-electron chi connectivity index (χ1n) is 5.69. The molecular formula is C13H10NNa2O5P. The van der Waals surface area contributed by atoms with Gasteiger partial charge in [-0.1, -0.05) is 24.3 Å². The van der Waals surface area contributed by atoms with E-state index in [4.69, 9.17) is 19.2 Å². The van der Waals surface area contributed by atoms with E-state index in [1.54, 1.807) is 0 Å². The van der Waals surface area contributed by atoms with Crippen molar-refractivity contribution in [2.24, 2.45) is 0 Å². The smallest absolute Gasteiger partial charge is 0.790 e. The molecule has 0 atom stereocenters. The van der Waals surface area contributed by atoms with Gasteiger partial charge in [0, 0.05) is 17.4 Å². The number of nitrogens with zero attached hydrogens (tertiary/aromatic N) is 1. The summed E-state index contributed by atoms with van der Waals surface area (Å²) < 4.78 is 8.66. The Morgan fingerprint density at radius 2 is 1.77 bits per heavy atom. The van der Waals surface area contributed by atoms with Crippen LogP contribution >= 0.6 is 7.82 Å². The molecule has 0 bridgehead atoms. The second-order valence-electron chi connectivity index (χ2n) is 4.11. The van der Waals surface area contributed by atoms with Crippen molar-refractivity contribution in [3.8, 4) is 0 Å². The summed E-state index contributed by atoms with van der Waals surface area (Å²) in [6.07, 6.45) is 4.28. The Labute approximate surface area is 171 Å². The van der Waals surface area contributed by atoms with Crippen molar-refractivity contribution in [3.63, 3.8) is 0 Å². The molecule has 1 aromatic carbocycles. The maximum Gasteiger partial charge on any atom is 1.00 e. The summed E-state index contributed by atoms with van der Waals surface area (Å²) >= 11 is 0. The maximum atomic E-state index is 11.6. The van der Waals surface area contributed by atoms with Gasteiger partial charge < -0.3 is 19.2 Å². The van der Waals surface area contributed by atoms with Gasteiger partial charge in [0.25, 0.3) is 0 Å². The van der Waals surface area contributed by atoms with Crippen LogP contribution in [0.4, 0.5) is 0 Å². The van der Waals surface area contributed by atoms with Crippen LogP contribution in [0.15, 0.2) is 36.4 Å². The van der Waals surface area contributed by atoms with Crippen LogP contribution in [0.1, 0.15) is 22.5 Å². The Morgan fingerprint density at radius 1 is 1.18 bits per heavy atom. The van der Waals surface area contributed by atoms with Gasteiger partial charge in [-0.05, 0) is 18.2 Å². The van der Waals surface area contributed by atoms with Crippen molar-refractivity contribution in [2.45, 2.75) is 6.42 Å². The summed E-state index contributed by atoms with van der Waals surface area (Å²) in [5.74, 6) is 0.158. The van der Waals surface area contributed by atoms with Crippen LogP contribution in [0.5, 0.6) is 0 Å². The van der Waals surface area contributed by atoms with Gasteiger partial charge in [0.1, 0.15) is 0 Å². The molecule has 0 aliphatic heterocycles. The molecule has 0 amide bonds. The van der Waals surface area contributed by atoms with E-state index >= 15 is 0 Å². The molecule has 0 spiro atoms. The molecule has 0 unspecified atom stereocenters. The van der Waals surface area contributed by atoms with Crippen molar-refractivity contribution in [3.05, 3.63) is 47.7 Å². The van der Waals surface area contributed by atoms with Crippen molar-refractivity contribution in [2.75, 3.05) is 0 Å². The predicted octanol–water partition coefficient (Wildman–Crippen LogP) is -5.35. The van der Waals surface area contributed by atoms with Gasteiger partial charge >= 0.3 is 59.1 Å². The SMILES string of the molecule is O=C1CC=Cc2nc3ccccc3cc21.O=P([O-])([O-])O.[Na+].[Na+]. The first-order chi connectivity index (χ1) is 9.34. The van der Waals surface area contributed by atoms with Gasteiger partial charge in [0.2, 0.25) is 0 Å². The zero-order chi connectivity index (χ0) is 14.8. The summed E-state index contributed by atoms with van der Waals surface area (Å²) in [7, 11) is -5.14. The van der Waals surface area contributed by atoms with Gasteiger partial charge in [-0.3, -0.25) is 4.79 Å². The van der Waals surface area contributed by atoms with Crippen LogP contribution in [-0.4, -0.2) is 15.7 Å². The molecule has 9 heteroatoms. The second-order valence-corrected chi connectivity index (χ2v) is 5.05. The number of phosphoric acid groups is 1. The van der Waals surface area contributed by atoms with Crippen molar-refractivity contribution < 1.29 is 83.2 Å². The van der Waals surface area contributed by atoms with Crippen molar-refractivity contribution in [1.82, 2.24) is 4.98 Å². The van der Waals surface area contributed by atoms with E-state index in [1.807, 2.05) is 42.5 Å². The molecule has 22 heavy (non-hydrogen) atoms. The number of carbonyl (C=O) groups is 1. The van der Waals surface area contributed by atoms with E-state index < -0.39 is 7.82 Å². The molecule has 104 valence electrons. The van der Waals surface area contributed by atoms with Gasteiger partial charge in [-0.25, -0.2) is 4.98 Å². The monoisotopic (exact) mass is 337 g/mol.